The van der Waals surface area contributed by atoms with Crippen LogP contribution in [0.3, 0.4) is 0 Å². The molecule has 0 aliphatic carbocycles. The van der Waals surface area contributed by atoms with Gasteiger partial charge < -0.3 is 9.47 Å². The second-order valence-electron chi connectivity index (χ2n) is 3.92. The highest BCUT2D eigenvalue weighted by molar-refractivity contribution is 5.58. The third-order valence-electron chi connectivity index (χ3n) is 2.63. The zero-order valence-electron chi connectivity index (χ0n) is 9.52. The molecule has 3 rings (SSSR count). The van der Waals surface area contributed by atoms with E-state index in [2.05, 4.69) is 6.08 Å². The maximum absolute atomic E-state index is 5.34. The van der Waals surface area contributed by atoms with Crippen molar-refractivity contribution in [1.29, 1.82) is 0 Å². The SMILES string of the molecule is C1=Cc2ccccc2OC1.C1CCOCC1. The molecular formula is C14H18O2. The Morgan fingerprint density at radius 3 is 2.38 bits per heavy atom. The van der Waals surface area contributed by atoms with Crippen LogP contribution in [0.5, 0.6) is 5.75 Å². The number of para-hydroxylation sites is 1. The normalized spacial score (nSPS) is 17.8. The highest BCUT2D eigenvalue weighted by Crippen LogP contribution is 2.21. The van der Waals surface area contributed by atoms with Crippen molar-refractivity contribution in [1.82, 2.24) is 0 Å². The van der Waals surface area contributed by atoms with Crippen LogP contribution in [0, 0.1) is 0 Å². The van der Waals surface area contributed by atoms with Gasteiger partial charge >= 0.3 is 0 Å². The van der Waals surface area contributed by atoms with Crippen LogP contribution in [-0.4, -0.2) is 19.8 Å². The molecule has 2 nitrogen and oxygen atoms in total. The van der Waals surface area contributed by atoms with Crippen molar-refractivity contribution in [2.24, 2.45) is 0 Å². The Labute approximate surface area is 96.9 Å². The largest absolute Gasteiger partial charge is 0.489 e. The van der Waals surface area contributed by atoms with E-state index in [0.717, 1.165) is 19.0 Å². The Bertz CT molecular complexity index is 329. The van der Waals surface area contributed by atoms with Gasteiger partial charge in [-0.1, -0.05) is 24.3 Å². The standard InChI is InChI=1S/C9H8O.C5H10O/c1-2-6-9-8(4-1)5-3-7-10-9;1-2-4-6-5-3-1/h1-6H,7H2;1-5H2. The van der Waals surface area contributed by atoms with Crippen molar-refractivity contribution in [3.63, 3.8) is 0 Å². The van der Waals surface area contributed by atoms with Gasteiger partial charge in [0.2, 0.25) is 0 Å². The average molecular weight is 218 g/mol. The Morgan fingerprint density at radius 1 is 0.938 bits per heavy atom. The lowest BCUT2D eigenvalue weighted by Gasteiger charge is -2.10. The van der Waals surface area contributed by atoms with Crippen molar-refractivity contribution in [2.75, 3.05) is 19.8 Å². The monoisotopic (exact) mass is 218 g/mol. The van der Waals surface area contributed by atoms with Gasteiger partial charge in [0.25, 0.3) is 0 Å². The van der Waals surface area contributed by atoms with E-state index < -0.39 is 0 Å². The molecule has 86 valence electrons. The molecule has 2 heterocycles. The number of fused-ring (bicyclic) bond motifs is 1. The lowest BCUT2D eigenvalue weighted by atomic mass is 10.1. The summed E-state index contributed by atoms with van der Waals surface area (Å²) in [7, 11) is 0. The van der Waals surface area contributed by atoms with Gasteiger partial charge in [-0.3, -0.25) is 0 Å². The van der Waals surface area contributed by atoms with Gasteiger partial charge in [-0.05, 0) is 31.4 Å². The molecule has 0 aromatic heterocycles. The molecule has 1 aromatic carbocycles. The molecule has 2 heteroatoms. The lowest BCUT2D eigenvalue weighted by Crippen LogP contribution is -2.03. The van der Waals surface area contributed by atoms with E-state index in [0.29, 0.717) is 6.61 Å². The van der Waals surface area contributed by atoms with Crippen molar-refractivity contribution in [3.8, 4) is 5.75 Å². The topological polar surface area (TPSA) is 18.5 Å². The molecule has 2 aliphatic rings. The summed E-state index contributed by atoms with van der Waals surface area (Å²) in [5.41, 5.74) is 1.17. The third kappa shape index (κ3) is 3.38. The fourth-order valence-corrected chi connectivity index (χ4v) is 1.75. The van der Waals surface area contributed by atoms with Crippen LogP contribution in [-0.2, 0) is 4.74 Å². The van der Waals surface area contributed by atoms with E-state index >= 15 is 0 Å². The molecule has 1 saturated heterocycles. The van der Waals surface area contributed by atoms with Gasteiger partial charge in [-0.2, -0.15) is 0 Å². The summed E-state index contributed by atoms with van der Waals surface area (Å²) in [4.78, 5) is 0. The van der Waals surface area contributed by atoms with Gasteiger partial charge in [0.1, 0.15) is 12.4 Å². The van der Waals surface area contributed by atoms with Crippen LogP contribution in [0.2, 0.25) is 0 Å². The summed E-state index contributed by atoms with van der Waals surface area (Å²) < 4.78 is 10.4. The van der Waals surface area contributed by atoms with Gasteiger partial charge in [0.15, 0.2) is 0 Å². The molecule has 1 aromatic rings. The molecule has 0 spiro atoms. The highest BCUT2D eigenvalue weighted by atomic mass is 16.5. The van der Waals surface area contributed by atoms with Crippen LogP contribution in [0.4, 0.5) is 0 Å². The zero-order chi connectivity index (χ0) is 11.1. The molecule has 0 radical (unpaired) electrons. The second kappa shape index (κ2) is 6.33. The van der Waals surface area contributed by atoms with Crippen molar-refractivity contribution < 1.29 is 9.47 Å². The fourth-order valence-electron chi connectivity index (χ4n) is 1.75. The minimum atomic E-state index is 0.705. The van der Waals surface area contributed by atoms with Crippen LogP contribution >= 0.6 is 0 Å². The first-order valence-electron chi connectivity index (χ1n) is 5.93. The van der Waals surface area contributed by atoms with E-state index in [1.54, 1.807) is 0 Å². The summed E-state index contributed by atoms with van der Waals surface area (Å²) in [6, 6.07) is 8.03. The van der Waals surface area contributed by atoms with Crippen LogP contribution < -0.4 is 4.74 Å². The van der Waals surface area contributed by atoms with Gasteiger partial charge in [-0.15, -0.1) is 0 Å². The highest BCUT2D eigenvalue weighted by Gasteiger charge is 2.01. The predicted octanol–water partition coefficient (Wildman–Crippen LogP) is 3.28. The molecule has 2 aliphatic heterocycles. The van der Waals surface area contributed by atoms with Crippen molar-refractivity contribution in [2.45, 2.75) is 19.3 Å². The van der Waals surface area contributed by atoms with E-state index in [4.69, 9.17) is 9.47 Å². The first-order valence-corrected chi connectivity index (χ1v) is 5.93. The zero-order valence-corrected chi connectivity index (χ0v) is 9.52. The Kier molecular flexibility index (Phi) is 4.44. The number of hydrogen-bond acceptors (Lipinski definition) is 2. The Balaban J connectivity index is 0.000000138. The van der Waals surface area contributed by atoms with Gasteiger partial charge in [-0.25, -0.2) is 0 Å². The van der Waals surface area contributed by atoms with Crippen molar-refractivity contribution in [3.05, 3.63) is 35.9 Å². The van der Waals surface area contributed by atoms with Gasteiger partial charge in [0.05, 0.1) is 0 Å². The maximum atomic E-state index is 5.34. The fraction of sp³-hybridized carbons (Fsp3) is 0.429. The Morgan fingerprint density at radius 2 is 1.75 bits per heavy atom. The summed E-state index contributed by atoms with van der Waals surface area (Å²) in [6.07, 6.45) is 8.03. The maximum Gasteiger partial charge on any atom is 0.126 e. The molecule has 0 bridgehead atoms. The second-order valence-corrected chi connectivity index (χ2v) is 3.92. The van der Waals surface area contributed by atoms with E-state index in [9.17, 15) is 0 Å². The smallest absolute Gasteiger partial charge is 0.126 e. The molecule has 0 unspecified atom stereocenters. The van der Waals surface area contributed by atoms with Crippen LogP contribution in [0.25, 0.3) is 6.08 Å². The first-order chi connectivity index (χ1) is 7.97. The van der Waals surface area contributed by atoms with Crippen LogP contribution in [0.15, 0.2) is 30.3 Å². The predicted molar refractivity (Wildman–Crippen MR) is 65.6 cm³/mol. The summed E-state index contributed by atoms with van der Waals surface area (Å²) >= 11 is 0. The number of ether oxygens (including phenoxy) is 2. The molecule has 0 atom stereocenters. The lowest BCUT2D eigenvalue weighted by molar-refractivity contribution is 0.0968. The van der Waals surface area contributed by atoms with Crippen LogP contribution in [0.1, 0.15) is 24.8 Å². The number of benzene rings is 1. The Hall–Kier alpha value is -1.28. The minimum absolute atomic E-state index is 0.705. The molecule has 0 saturated carbocycles. The number of hydrogen-bond donors (Lipinski definition) is 0. The molecule has 16 heavy (non-hydrogen) atoms. The van der Waals surface area contributed by atoms with E-state index in [-0.39, 0.29) is 0 Å². The summed E-state index contributed by atoms with van der Waals surface area (Å²) in [6.45, 7) is 2.71. The van der Waals surface area contributed by atoms with E-state index in [1.807, 2.05) is 30.3 Å². The number of rotatable bonds is 0. The molecular weight excluding hydrogens is 200 g/mol. The molecule has 1 fully saturated rings. The first kappa shape index (κ1) is 11.2. The summed E-state index contributed by atoms with van der Waals surface area (Å²) in [5.74, 6) is 0.991. The minimum Gasteiger partial charge on any atom is -0.489 e. The molecule has 0 amide bonds. The van der Waals surface area contributed by atoms with E-state index in [1.165, 1.54) is 24.8 Å². The van der Waals surface area contributed by atoms with Crippen molar-refractivity contribution >= 4 is 6.08 Å². The third-order valence-corrected chi connectivity index (χ3v) is 2.63. The summed E-state index contributed by atoms with van der Waals surface area (Å²) in [5, 5.41) is 0. The average Bonchev–Trinajstić information content (AvgIpc) is 2.42. The molecule has 0 N–H and O–H groups in total. The quantitative estimate of drug-likeness (QED) is 0.665. The van der Waals surface area contributed by atoms with Gasteiger partial charge in [0, 0.05) is 18.8 Å².